The van der Waals surface area contributed by atoms with Gasteiger partial charge in [0.2, 0.25) is 0 Å². The minimum absolute atomic E-state index is 0.443. The molecule has 0 radical (unpaired) electrons. The first-order chi connectivity index (χ1) is 4.47. The summed E-state index contributed by atoms with van der Waals surface area (Å²) in [6.45, 7) is 3.99. The van der Waals surface area contributed by atoms with E-state index in [1.165, 1.54) is 0 Å². The van der Waals surface area contributed by atoms with Gasteiger partial charge in [-0.05, 0) is 0 Å². The minimum atomic E-state index is 0.443. The maximum absolute atomic E-state index is 5.48. The van der Waals surface area contributed by atoms with E-state index in [2.05, 4.69) is 10.6 Å². The molecule has 0 aromatic carbocycles. The molecule has 0 aliphatic carbocycles. The molecule has 52 valence electrons. The lowest BCUT2D eigenvalue weighted by atomic mass is 10.2. The third kappa shape index (κ3) is 0.956. The van der Waals surface area contributed by atoms with Crippen LogP contribution >= 0.6 is 0 Å². The Bertz CT molecular complexity index is 95.2. The molecule has 0 saturated carbocycles. The number of ether oxygens (including phenoxy) is 1. The van der Waals surface area contributed by atoms with Crippen molar-refractivity contribution in [1.82, 2.24) is 10.6 Å². The standard InChI is InChI=1S/C6H12N2O/c1-2-9-6-4-7-3-5(6)8-1/h5-8H,1-4H2/t5-,6-/m0/s1. The number of hydrogen-bond acceptors (Lipinski definition) is 3. The Morgan fingerprint density at radius 3 is 3.22 bits per heavy atom. The first-order valence-electron chi connectivity index (χ1n) is 3.52. The van der Waals surface area contributed by atoms with Gasteiger partial charge in [-0.2, -0.15) is 0 Å². The van der Waals surface area contributed by atoms with Crippen molar-refractivity contribution in [1.29, 1.82) is 0 Å². The normalized spacial score (nSPS) is 42.7. The summed E-state index contributed by atoms with van der Waals surface area (Å²) in [5.74, 6) is 0. The molecule has 9 heavy (non-hydrogen) atoms. The average molecular weight is 128 g/mol. The Labute approximate surface area is 54.8 Å². The molecule has 2 fully saturated rings. The van der Waals surface area contributed by atoms with E-state index in [9.17, 15) is 0 Å². The van der Waals surface area contributed by atoms with Crippen LogP contribution in [0.2, 0.25) is 0 Å². The van der Waals surface area contributed by atoms with Crippen LogP contribution in [0, 0.1) is 0 Å². The fourth-order valence-electron chi connectivity index (χ4n) is 1.49. The molecule has 3 heteroatoms. The van der Waals surface area contributed by atoms with Gasteiger partial charge in [-0.1, -0.05) is 0 Å². The molecule has 0 aromatic rings. The Balaban J connectivity index is 1.97. The second-order valence-corrected chi connectivity index (χ2v) is 2.63. The molecular formula is C6H12N2O. The maximum Gasteiger partial charge on any atom is 0.0865 e. The summed E-state index contributed by atoms with van der Waals surface area (Å²) in [6, 6.07) is 0.582. The van der Waals surface area contributed by atoms with Gasteiger partial charge >= 0.3 is 0 Å². The average Bonchev–Trinajstić information content (AvgIpc) is 2.33. The molecule has 2 aliphatic heterocycles. The maximum atomic E-state index is 5.48. The van der Waals surface area contributed by atoms with E-state index in [-0.39, 0.29) is 0 Å². The fourth-order valence-corrected chi connectivity index (χ4v) is 1.49. The van der Waals surface area contributed by atoms with Crippen molar-refractivity contribution in [3.63, 3.8) is 0 Å². The summed E-state index contributed by atoms with van der Waals surface area (Å²) in [5.41, 5.74) is 0. The van der Waals surface area contributed by atoms with E-state index in [0.717, 1.165) is 26.2 Å². The third-order valence-electron chi connectivity index (χ3n) is 2.00. The SMILES string of the molecule is C1CO[C@H]2CNC[C@@H]2N1. The number of hydrogen-bond donors (Lipinski definition) is 2. The van der Waals surface area contributed by atoms with E-state index in [1.54, 1.807) is 0 Å². The monoisotopic (exact) mass is 128 g/mol. The minimum Gasteiger partial charge on any atom is -0.374 e. The van der Waals surface area contributed by atoms with Crippen molar-refractivity contribution in [3.8, 4) is 0 Å². The summed E-state index contributed by atoms with van der Waals surface area (Å²) in [5, 5.41) is 6.67. The van der Waals surface area contributed by atoms with E-state index in [4.69, 9.17) is 4.74 Å². The molecule has 2 aliphatic rings. The number of nitrogens with one attached hydrogen (secondary N) is 2. The lowest BCUT2D eigenvalue weighted by Crippen LogP contribution is -2.47. The molecule has 0 aromatic heterocycles. The van der Waals surface area contributed by atoms with Crippen LogP contribution in [0.5, 0.6) is 0 Å². The highest BCUT2D eigenvalue weighted by molar-refractivity contribution is 4.89. The van der Waals surface area contributed by atoms with Gasteiger partial charge in [0.05, 0.1) is 12.7 Å². The summed E-state index contributed by atoms with van der Waals surface area (Å²) in [7, 11) is 0. The first kappa shape index (κ1) is 5.65. The van der Waals surface area contributed by atoms with Gasteiger partial charge in [0.15, 0.2) is 0 Å². The van der Waals surface area contributed by atoms with Crippen LogP contribution < -0.4 is 10.6 Å². The number of fused-ring (bicyclic) bond motifs is 1. The number of morpholine rings is 1. The first-order valence-corrected chi connectivity index (χ1v) is 3.52. The molecule has 3 nitrogen and oxygen atoms in total. The Morgan fingerprint density at radius 1 is 1.33 bits per heavy atom. The Morgan fingerprint density at radius 2 is 2.33 bits per heavy atom. The summed E-state index contributed by atoms with van der Waals surface area (Å²) in [6.07, 6.45) is 0.443. The Hall–Kier alpha value is -0.120. The Kier molecular flexibility index (Phi) is 1.41. The van der Waals surface area contributed by atoms with Crippen LogP contribution in [0.15, 0.2) is 0 Å². The van der Waals surface area contributed by atoms with Crippen molar-refractivity contribution < 1.29 is 4.74 Å². The quantitative estimate of drug-likeness (QED) is 0.436. The van der Waals surface area contributed by atoms with Gasteiger partial charge in [-0.25, -0.2) is 0 Å². The summed E-state index contributed by atoms with van der Waals surface area (Å²) >= 11 is 0. The van der Waals surface area contributed by atoms with Gasteiger partial charge in [0.1, 0.15) is 0 Å². The third-order valence-corrected chi connectivity index (χ3v) is 2.00. The fraction of sp³-hybridized carbons (Fsp3) is 1.00. The van der Waals surface area contributed by atoms with Crippen molar-refractivity contribution >= 4 is 0 Å². The molecule has 2 saturated heterocycles. The highest BCUT2D eigenvalue weighted by Gasteiger charge is 2.29. The predicted molar refractivity (Wildman–Crippen MR) is 34.4 cm³/mol. The van der Waals surface area contributed by atoms with Gasteiger partial charge in [0, 0.05) is 25.7 Å². The zero-order valence-electron chi connectivity index (χ0n) is 5.39. The van der Waals surface area contributed by atoms with Gasteiger partial charge in [0.25, 0.3) is 0 Å². The van der Waals surface area contributed by atoms with Crippen LogP contribution in [0.1, 0.15) is 0 Å². The van der Waals surface area contributed by atoms with Crippen molar-refractivity contribution in [2.75, 3.05) is 26.2 Å². The lowest BCUT2D eigenvalue weighted by molar-refractivity contribution is 0.0207. The van der Waals surface area contributed by atoms with Crippen molar-refractivity contribution in [2.24, 2.45) is 0 Å². The van der Waals surface area contributed by atoms with Crippen molar-refractivity contribution in [2.45, 2.75) is 12.1 Å². The van der Waals surface area contributed by atoms with E-state index >= 15 is 0 Å². The van der Waals surface area contributed by atoms with Crippen LogP contribution in [-0.2, 0) is 4.74 Å². The molecule has 2 N–H and O–H groups in total. The second kappa shape index (κ2) is 2.25. The molecule has 2 heterocycles. The smallest absolute Gasteiger partial charge is 0.0865 e. The predicted octanol–water partition coefficient (Wildman–Crippen LogP) is -1.05. The zero-order chi connectivity index (χ0) is 6.10. The molecule has 0 spiro atoms. The van der Waals surface area contributed by atoms with Crippen LogP contribution in [0.25, 0.3) is 0 Å². The van der Waals surface area contributed by atoms with Crippen LogP contribution in [0.3, 0.4) is 0 Å². The summed E-state index contributed by atoms with van der Waals surface area (Å²) < 4.78 is 5.48. The van der Waals surface area contributed by atoms with E-state index in [0.29, 0.717) is 12.1 Å². The van der Waals surface area contributed by atoms with Gasteiger partial charge in [-0.15, -0.1) is 0 Å². The van der Waals surface area contributed by atoms with E-state index in [1.807, 2.05) is 0 Å². The van der Waals surface area contributed by atoms with E-state index < -0.39 is 0 Å². The molecule has 0 unspecified atom stereocenters. The summed E-state index contributed by atoms with van der Waals surface area (Å²) in [4.78, 5) is 0. The molecule has 0 bridgehead atoms. The number of rotatable bonds is 0. The van der Waals surface area contributed by atoms with Crippen molar-refractivity contribution in [3.05, 3.63) is 0 Å². The van der Waals surface area contributed by atoms with Crippen LogP contribution in [0.4, 0.5) is 0 Å². The van der Waals surface area contributed by atoms with Gasteiger partial charge in [-0.3, -0.25) is 0 Å². The second-order valence-electron chi connectivity index (χ2n) is 2.63. The van der Waals surface area contributed by atoms with Gasteiger partial charge < -0.3 is 15.4 Å². The molecule has 2 atom stereocenters. The highest BCUT2D eigenvalue weighted by atomic mass is 16.5. The lowest BCUT2D eigenvalue weighted by Gasteiger charge is -2.25. The topological polar surface area (TPSA) is 33.3 Å². The highest BCUT2D eigenvalue weighted by Crippen LogP contribution is 2.07. The largest absolute Gasteiger partial charge is 0.374 e. The molecular weight excluding hydrogens is 116 g/mol. The zero-order valence-corrected chi connectivity index (χ0v) is 5.39. The van der Waals surface area contributed by atoms with Crippen LogP contribution in [-0.4, -0.2) is 38.4 Å². The molecule has 0 amide bonds. The molecule has 2 rings (SSSR count).